The van der Waals surface area contributed by atoms with Gasteiger partial charge in [-0.15, -0.1) is 0 Å². The zero-order chi connectivity index (χ0) is 16.8. The number of benzene rings is 3. The molecule has 0 fully saturated rings. The topological polar surface area (TPSA) is 29.5 Å². The Morgan fingerprint density at radius 3 is 2.21 bits per heavy atom. The van der Waals surface area contributed by atoms with E-state index in [-0.39, 0.29) is 6.61 Å². The minimum atomic E-state index is 0.0549. The van der Waals surface area contributed by atoms with Gasteiger partial charge in [0.25, 0.3) is 0 Å². The van der Waals surface area contributed by atoms with Crippen LogP contribution in [0, 0.1) is 0 Å². The van der Waals surface area contributed by atoms with Gasteiger partial charge in [-0.1, -0.05) is 67.6 Å². The van der Waals surface area contributed by atoms with Gasteiger partial charge < -0.3 is 9.84 Å². The van der Waals surface area contributed by atoms with Crippen molar-refractivity contribution in [3.05, 3.63) is 89.5 Å². The van der Waals surface area contributed by atoms with Crippen molar-refractivity contribution in [1.82, 2.24) is 0 Å². The van der Waals surface area contributed by atoms with Gasteiger partial charge in [-0.2, -0.15) is 0 Å². The first-order valence-corrected chi connectivity index (χ1v) is 8.29. The number of aryl methyl sites for hydroxylation is 1. The fraction of sp³-hybridized carbons (Fsp3) is 0.182. The zero-order valence-electron chi connectivity index (χ0n) is 13.9. The summed E-state index contributed by atoms with van der Waals surface area (Å²) in [6.45, 7) is 2.72. The highest BCUT2D eigenvalue weighted by atomic mass is 16.5. The van der Waals surface area contributed by atoms with Crippen molar-refractivity contribution >= 4 is 0 Å². The molecule has 0 heterocycles. The number of hydrogen-bond acceptors (Lipinski definition) is 2. The van der Waals surface area contributed by atoms with Crippen LogP contribution in [0.3, 0.4) is 0 Å². The van der Waals surface area contributed by atoms with Gasteiger partial charge in [-0.05, 0) is 46.4 Å². The van der Waals surface area contributed by atoms with E-state index in [0.29, 0.717) is 6.61 Å². The van der Waals surface area contributed by atoms with Crippen molar-refractivity contribution in [1.29, 1.82) is 0 Å². The third kappa shape index (κ3) is 4.03. The van der Waals surface area contributed by atoms with Crippen molar-refractivity contribution < 1.29 is 9.84 Å². The molecule has 0 amide bonds. The van der Waals surface area contributed by atoms with Crippen LogP contribution in [0.15, 0.2) is 72.8 Å². The van der Waals surface area contributed by atoms with Gasteiger partial charge in [0.1, 0.15) is 12.4 Å². The number of hydrogen-bond donors (Lipinski definition) is 1. The van der Waals surface area contributed by atoms with Crippen molar-refractivity contribution in [2.75, 3.05) is 0 Å². The molecule has 0 aliphatic carbocycles. The summed E-state index contributed by atoms with van der Waals surface area (Å²) < 4.78 is 5.85. The van der Waals surface area contributed by atoms with Crippen molar-refractivity contribution in [2.24, 2.45) is 0 Å². The maximum absolute atomic E-state index is 9.18. The van der Waals surface area contributed by atoms with E-state index in [1.54, 1.807) is 0 Å². The van der Waals surface area contributed by atoms with Gasteiger partial charge in [0.2, 0.25) is 0 Å². The number of aliphatic hydroxyl groups is 1. The smallest absolute Gasteiger partial charge is 0.119 e. The maximum atomic E-state index is 9.18. The minimum absolute atomic E-state index is 0.0549. The molecule has 0 spiro atoms. The van der Waals surface area contributed by atoms with Gasteiger partial charge in [-0.3, -0.25) is 0 Å². The van der Waals surface area contributed by atoms with E-state index in [1.165, 1.54) is 16.7 Å². The van der Waals surface area contributed by atoms with Crippen LogP contribution >= 0.6 is 0 Å². The Morgan fingerprint density at radius 2 is 1.46 bits per heavy atom. The molecule has 0 bridgehead atoms. The summed E-state index contributed by atoms with van der Waals surface area (Å²) in [5.41, 5.74) is 5.73. The summed E-state index contributed by atoms with van der Waals surface area (Å²) in [5.74, 6) is 0.847. The van der Waals surface area contributed by atoms with Crippen LogP contribution in [-0.2, 0) is 19.6 Å². The average molecular weight is 318 g/mol. The Morgan fingerprint density at radius 1 is 0.750 bits per heavy atom. The molecule has 0 aromatic heterocycles. The first kappa shape index (κ1) is 16.3. The Bertz CT molecular complexity index is 791. The van der Waals surface area contributed by atoms with E-state index in [4.69, 9.17) is 4.74 Å². The first-order valence-electron chi connectivity index (χ1n) is 8.29. The highest BCUT2D eigenvalue weighted by Crippen LogP contribution is 2.24. The Balaban J connectivity index is 1.68. The van der Waals surface area contributed by atoms with Gasteiger partial charge in [0.15, 0.2) is 0 Å². The molecule has 0 saturated heterocycles. The van der Waals surface area contributed by atoms with Crippen molar-refractivity contribution in [3.63, 3.8) is 0 Å². The molecule has 2 heteroatoms. The van der Waals surface area contributed by atoms with Gasteiger partial charge in [0.05, 0.1) is 6.61 Å². The Kier molecular flexibility index (Phi) is 5.29. The number of ether oxygens (including phenoxy) is 1. The largest absolute Gasteiger partial charge is 0.489 e. The van der Waals surface area contributed by atoms with E-state index in [9.17, 15) is 5.11 Å². The average Bonchev–Trinajstić information content (AvgIpc) is 2.67. The van der Waals surface area contributed by atoms with E-state index in [0.717, 1.165) is 23.3 Å². The maximum Gasteiger partial charge on any atom is 0.119 e. The lowest BCUT2D eigenvalue weighted by Gasteiger charge is -2.09. The van der Waals surface area contributed by atoms with Crippen molar-refractivity contribution in [3.8, 4) is 16.9 Å². The second kappa shape index (κ2) is 7.80. The molecular formula is C22H22O2. The quantitative estimate of drug-likeness (QED) is 0.694. The van der Waals surface area contributed by atoms with Crippen LogP contribution < -0.4 is 4.74 Å². The van der Waals surface area contributed by atoms with E-state index in [2.05, 4.69) is 43.3 Å². The molecule has 24 heavy (non-hydrogen) atoms. The lowest BCUT2D eigenvalue weighted by Crippen LogP contribution is -1.96. The lowest BCUT2D eigenvalue weighted by atomic mass is 10.0. The predicted octanol–water partition coefficient (Wildman–Crippen LogP) is 4.99. The van der Waals surface area contributed by atoms with Gasteiger partial charge in [0, 0.05) is 0 Å². The molecule has 0 aliphatic rings. The highest BCUT2D eigenvalue weighted by Gasteiger charge is 2.01. The summed E-state index contributed by atoms with van der Waals surface area (Å²) >= 11 is 0. The normalized spacial score (nSPS) is 10.6. The summed E-state index contributed by atoms with van der Waals surface area (Å²) in [4.78, 5) is 0. The second-order valence-corrected chi connectivity index (χ2v) is 5.85. The molecule has 3 aromatic carbocycles. The van der Waals surface area contributed by atoms with Crippen LogP contribution in [0.4, 0.5) is 0 Å². The van der Waals surface area contributed by atoms with Crippen LogP contribution in [0.1, 0.15) is 23.6 Å². The van der Waals surface area contributed by atoms with Crippen molar-refractivity contribution in [2.45, 2.75) is 26.6 Å². The minimum Gasteiger partial charge on any atom is -0.489 e. The van der Waals surface area contributed by atoms with Crippen LogP contribution in [0.25, 0.3) is 11.1 Å². The summed E-state index contributed by atoms with van der Waals surface area (Å²) in [5, 5.41) is 9.18. The van der Waals surface area contributed by atoms with E-state index >= 15 is 0 Å². The molecule has 0 saturated carbocycles. The summed E-state index contributed by atoms with van der Waals surface area (Å²) in [7, 11) is 0. The highest BCUT2D eigenvalue weighted by molar-refractivity contribution is 5.64. The van der Waals surface area contributed by atoms with E-state index < -0.39 is 0 Å². The molecule has 122 valence electrons. The SMILES string of the molecule is CCc1cccc(-c2ccc(OCc3cccc(CO)c3)cc2)c1. The predicted molar refractivity (Wildman–Crippen MR) is 98.0 cm³/mol. The van der Waals surface area contributed by atoms with E-state index in [1.807, 2.05) is 36.4 Å². The van der Waals surface area contributed by atoms with Crippen LogP contribution in [0.5, 0.6) is 5.75 Å². The Hall–Kier alpha value is -2.58. The van der Waals surface area contributed by atoms with Crippen LogP contribution in [0.2, 0.25) is 0 Å². The Labute approximate surface area is 143 Å². The molecule has 2 nitrogen and oxygen atoms in total. The van der Waals surface area contributed by atoms with Crippen LogP contribution in [-0.4, -0.2) is 5.11 Å². The third-order valence-corrected chi connectivity index (χ3v) is 4.10. The molecular weight excluding hydrogens is 296 g/mol. The number of aliphatic hydroxyl groups excluding tert-OH is 1. The summed E-state index contributed by atoms with van der Waals surface area (Å²) in [6.07, 6.45) is 1.04. The lowest BCUT2D eigenvalue weighted by molar-refractivity contribution is 0.280. The molecule has 0 aliphatic heterocycles. The van der Waals surface area contributed by atoms with Gasteiger partial charge >= 0.3 is 0 Å². The molecule has 0 atom stereocenters. The molecule has 3 aromatic rings. The molecule has 0 radical (unpaired) electrons. The first-order chi connectivity index (χ1) is 11.8. The fourth-order valence-corrected chi connectivity index (χ4v) is 2.70. The second-order valence-electron chi connectivity index (χ2n) is 5.85. The standard InChI is InChI=1S/C22H22O2/c1-2-17-5-4-8-21(14-17)20-9-11-22(12-10-20)24-16-19-7-3-6-18(13-19)15-23/h3-14,23H,2,15-16H2,1H3. The molecule has 3 rings (SSSR count). The monoisotopic (exact) mass is 318 g/mol. The number of rotatable bonds is 6. The summed E-state index contributed by atoms with van der Waals surface area (Å²) in [6, 6.07) is 24.6. The van der Waals surface area contributed by atoms with Gasteiger partial charge in [-0.25, -0.2) is 0 Å². The third-order valence-electron chi connectivity index (χ3n) is 4.10. The molecule has 1 N–H and O–H groups in total. The molecule has 0 unspecified atom stereocenters. The zero-order valence-corrected chi connectivity index (χ0v) is 13.9. The fourth-order valence-electron chi connectivity index (χ4n) is 2.70.